The highest BCUT2D eigenvalue weighted by molar-refractivity contribution is 6.04. The molecule has 0 saturated heterocycles. The average Bonchev–Trinajstić information content (AvgIpc) is 2.77. The summed E-state index contributed by atoms with van der Waals surface area (Å²) < 4.78 is 5.66. The summed E-state index contributed by atoms with van der Waals surface area (Å²) in [6, 6.07) is 18.3. The van der Waals surface area contributed by atoms with Gasteiger partial charge in [-0.3, -0.25) is 0 Å². The molecule has 0 aliphatic heterocycles. The first-order valence-corrected chi connectivity index (χ1v) is 11.5. The molecule has 4 bridgehead atoms. The molecule has 0 spiro atoms. The van der Waals surface area contributed by atoms with E-state index in [4.69, 9.17) is 4.74 Å². The molecule has 3 aromatic rings. The number of fused-ring (bicyclic) bond motifs is 1. The van der Waals surface area contributed by atoms with Crippen LogP contribution in [0.1, 0.15) is 54.4 Å². The van der Waals surface area contributed by atoms with Crippen LogP contribution >= 0.6 is 0 Å². The molecule has 4 aliphatic carbocycles. The van der Waals surface area contributed by atoms with E-state index in [1.54, 1.807) is 13.2 Å². The first kappa shape index (κ1) is 18.9. The number of hydrogen-bond donors (Lipinski definition) is 1. The molecule has 0 atom stereocenters. The summed E-state index contributed by atoms with van der Waals surface area (Å²) in [7, 11) is 1.75. The molecule has 7 rings (SSSR count). The van der Waals surface area contributed by atoms with Crippen LogP contribution in [0.5, 0.6) is 5.75 Å². The highest BCUT2D eigenvalue weighted by Crippen LogP contribution is 2.62. The molecule has 0 unspecified atom stereocenters. The number of aromatic carboxylic acids is 1. The Bertz CT molecular complexity index is 1160. The number of carboxylic acids is 1. The lowest BCUT2D eigenvalue weighted by molar-refractivity contribution is -0.00500. The van der Waals surface area contributed by atoms with Crippen molar-refractivity contribution in [1.29, 1.82) is 0 Å². The standard InChI is InChI=1S/C28H28O3/c1-31-22-6-8-24(21-5-7-23-20(12-21)3-2-4-25(23)27(29)30)26(13-22)28-14-17-9-18(15-28)11-19(10-17)16-28/h2-8,12-13,17-19H,9-11,14-16H2,1H3,(H,29,30). The zero-order valence-electron chi connectivity index (χ0n) is 17.9. The Morgan fingerprint density at radius 2 is 1.65 bits per heavy atom. The van der Waals surface area contributed by atoms with Crippen molar-refractivity contribution in [2.24, 2.45) is 17.8 Å². The van der Waals surface area contributed by atoms with E-state index in [1.165, 1.54) is 55.2 Å². The van der Waals surface area contributed by atoms with Gasteiger partial charge in [-0.25, -0.2) is 4.79 Å². The van der Waals surface area contributed by atoms with E-state index in [1.807, 2.05) is 18.2 Å². The minimum absolute atomic E-state index is 0.260. The Balaban J connectivity index is 1.51. The van der Waals surface area contributed by atoms with E-state index < -0.39 is 5.97 Å². The van der Waals surface area contributed by atoms with E-state index >= 15 is 0 Å². The van der Waals surface area contributed by atoms with Gasteiger partial charge in [-0.15, -0.1) is 0 Å². The fraction of sp³-hybridized carbons (Fsp3) is 0.393. The lowest BCUT2D eigenvalue weighted by Crippen LogP contribution is -2.48. The SMILES string of the molecule is COc1ccc(-c2ccc3c(C(=O)O)cccc3c2)c(C23CC4CC(CC(C4)C2)C3)c1. The van der Waals surface area contributed by atoms with E-state index in [0.29, 0.717) is 5.56 Å². The van der Waals surface area contributed by atoms with Gasteiger partial charge in [-0.1, -0.05) is 30.3 Å². The zero-order valence-corrected chi connectivity index (χ0v) is 17.9. The number of hydrogen-bond acceptors (Lipinski definition) is 2. The van der Waals surface area contributed by atoms with Crippen LogP contribution in [0.25, 0.3) is 21.9 Å². The number of methoxy groups -OCH3 is 1. The fourth-order valence-electron chi connectivity index (χ4n) is 7.42. The zero-order chi connectivity index (χ0) is 21.2. The number of carbonyl (C=O) groups is 1. The van der Waals surface area contributed by atoms with Crippen LogP contribution in [-0.4, -0.2) is 18.2 Å². The maximum atomic E-state index is 11.6. The van der Waals surface area contributed by atoms with Crippen molar-refractivity contribution < 1.29 is 14.6 Å². The Labute approximate surface area is 183 Å². The van der Waals surface area contributed by atoms with Crippen LogP contribution in [0, 0.1) is 17.8 Å². The molecule has 3 heteroatoms. The van der Waals surface area contributed by atoms with Crippen molar-refractivity contribution in [3.05, 3.63) is 65.7 Å². The summed E-state index contributed by atoms with van der Waals surface area (Å²) in [4.78, 5) is 11.6. The minimum atomic E-state index is -0.878. The van der Waals surface area contributed by atoms with Gasteiger partial charge >= 0.3 is 5.97 Å². The fourth-order valence-corrected chi connectivity index (χ4v) is 7.42. The monoisotopic (exact) mass is 412 g/mol. The van der Waals surface area contributed by atoms with E-state index in [-0.39, 0.29) is 5.41 Å². The molecule has 3 aromatic carbocycles. The van der Waals surface area contributed by atoms with Crippen LogP contribution in [0.4, 0.5) is 0 Å². The van der Waals surface area contributed by atoms with Gasteiger partial charge in [0, 0.05) is 0 Å². The van der Waals surface area contributed by atoms with Crippen molar-refractivity contribution in [1.82, 2.24) is 0 Å². The number of carboxylic acid groups (broad SMARTS) is 1. The Kier molecular flexibility index (Phi) is 4.18. The van der Waals surface area contributed by atoms with Gasteiger partial charge in [0.05, 0.1) is 12.7 Å². The molecular weight excluding hydrogens is 384 g/mol. The van der Waals surface area contributed by atoms with Crippen molar-refractivity contribution >= 4 is 16.7 Å². The minimum Gasteiger partial charge on any atom is -0.497 e. The van der Waals surface area contributed by atoms with Crippen molar-refractivity contribution in [2.75, 3.05) is 7.11 Å². The summed E-state index contributed by atoms with van der Waals surface area (Å²) in [6.45, 7) is 0. The maximum Gasteiger partial charge on any atom is 0.336 e. The van der Waals surface area contributed by atoms with Crippen molar-refractivity contribution in [3.63, 3.8) is 0 Å². The lowest BCUT2D eigenvalue weighted by Gasteiger charge is -2.57. The second-order valence-electron chi connectivity index (χ2n) is 10.2. The molecule has 4 aliphatic rings. The molecule has 158 valence electrons. The van der Waals surface area contributed by atoms with E-state index in [2.05, 4.69) is 30.3 Å². The average molecular weight is 413 g/mol. The first-order chi connectivity index (χ1) is 15.0. The highest BCUT2D eigenvalue weighted by atomic mass is 16.5. The van der Waals surface area contributed by atoms with Crippen molar-refractivity contribution in [3.8, 4) is 16.9 Å². The summed E-state index contributed by atoms with van der Waals surface area (Å²) in [5, 5.41) is 11.3. The smallest absolute Gasteiger partial charge is 0.336 e. The molecule has 4 saturated carbocycles. The van der Waals surface area contributed by atoms with E-state index in [9.17, 15) is 9.90 Å². The predicted octanol–water partition coefficient (Wildman–Crippen LogP) is 6.68. The van der Waals surface area contributed by atoms with Gasteiger partial charge in [-0.05, 0) is 113 Å². The Morgan fingerprint density at radius 3 is 2.29 bits per heavy atom. The maximum absolute atomic E-state index is 11.6. The van der Waals surface area contributed by atoms with E-state index in [0.717, 1.165) is 34.3 Å². The Hall–Kier alpha value is -2.81. The van der Waals surface area contributed by atoms with Gasteiger partial charge in [0.15, 0.2) is 0 Å². The summed E-state index contributed by atoms with van der Waals surface area (Å²) >= 11 is 0. The number of rotatable bonds is 4. The van der Waals surface area contributed by atoms with Crippen molar-refractivity contribution in [2.45, 2.75) is 43.9 Å². The first-order valence-electron chi connectivity index (χ1n) is 11.5. The summed E-state index contributed by atoms with van der Waals surface area (Å²) in [6.07, 6.45) is 8.17. The summed E-state index contributed by atoms with van der Waals surface area (Å²) in [5.41, 5.74) is 4.52. The molecule has 0 amide bonds. The molecule has 31 heavy (non-hydrogen) atoms. The van der Waals surface area contributed by atoms with Gasteiger partial charge in [0.25, 0.3) is 0 Å². The molecule has 0 aromatic heterocycles. The van der Waals surface area contributed by atoms with Crippen LogP contribution in [0.15, 0.2) is 54.6 Å². The molecule has 0 heterocycles. The van der Waals surface area contributed by atoms with Crippen LogP contribution in [-0.2, 0) is 5.41 Å². The lowest BCUT2D eigenvalue weighted by atomic mass is 9.47. The number of ether oxygens (including phenoxy) is 1. The van der Waals surface area contributed by atoms with Gasteiger partial charge in [0.2, 0.25) is 0 Å². The second kappa shape index (κ2) is 6.85. The predicted molar refractivity (Wildman–Crippen MR) is 123 cm³/mol. The van der Waals surface area contributed by atoms with Crippen LogP contribution in [0.2, 0.25) is 0 Å². The molecule has 1 N–H and O–H groups in total. The van der Waals surface area contributed by atoms with Gasteiger partial charge in [0.1, 0.15) is 5.75 Å². The van der Waals surface area contributed by atoms with Crippen LogP contribution in [0.3, 0.4) is 0 Å². The summed E-state index contributed by atoms with van der Waals surface area (Å²) in [5.74, 6) is 2.68. The highest BCUT2D eigenvalue weighted by Gasteiger charge is 2.52. The number of benzene rings is 3. The second-order valence-corrected chi connectivity index (χ2v) is 10.2. The molecule has 3 nitrogen and oxygen atoms in total. The third kappa shape index (κ3) is 2.97. The third-order valence-corrected chi connectivity index (χ3v) is 8.26. The normalized spacial score (nSPS) is 28.7. The van der Waals surface area contributed by atoms with Gasteiger partial charge in [-0.2, -0.15) is 0 Å². The van der Waals surface area contributed by atoms with Gasteiger partial charge < -0.3 is 9.84 Å². The van der Waals surface area contributed by atoms with Crippen LogP contribution < -0.4 is 4.74 Å². The molecular formula is C28H28O3. The largest absolute Gasteiger partial charge is 0.497 e. The molecule has 0 radical (unpaired) electrons. The topological polar surface area (TPSA) is 46.5 Å². The molecule has 4 fully saturated rings. The Morgan fingerprint density at radius 1 is 0.935 bits per heavy atom. The third-order valence-electron chi connectivity index (χ3n) is 8.26. The quantitative estimate of drug-likeness (QED) is 0.520.